The van der Waals surface area contributed by atoms with Crippen LogP contribution in [0.3, 0.4) is 0 Å². The fourth-order valence-corrected chi connectivity index (χ4v) is 2.93. The summed E-state index contributed by atoms with van der Waals surface area (Å²) < 4.78 is 0. The molecule has 3 aromatic carbocycles. The summed E-state index contributed by atoms with van der Waals surface area (Å²) in [7, 11) is 0. The van der Waals surface area contributed by atoms with E-state index in [0.717, 1.165) is 28.9 Å². The van der Waals surface area contributed by atoms with Crippen molar-refractivity contribution in [3.63, 3.8) is 0 Å². The van der Waals surface area contributed by atoms with Crippen LogP contribution >= 0.6 is 0 Å². The Kier molecular flexibility index (Phi) is 3.27. The van der Waals surface area contributed by atoms with Gasteiger partial charge in [-0.05, 0) is 28.0 Å². The smallest absolute Gasteiger partial charge is 0.113 e. The maximum atomic E-state index is 6.23. The summed E-state index contributed by atoms with van der Waals surface area (Å²) in [6, 6.07) is 20.8. The minimum absolute atomic E-state index is 0.764. The van der Waals surface area contributed by atoms with Gasteiger partial charge in [0.15, 0.2) is 0 Å². The molecule has 0 amide bonds. The first-order chi connectivity index (χ1) is 11.3. The lowest BCUT2D eigenvalue weighted by Crippen LogP contribution is -1.99. The van der Waals surface area contributed by atoms with Gasteiger partial charge in [0.2, 0.25) is 0 Å². The van der Waals surface area contributed by atoms with Crippen molar-refractivity contribution >= 4 is 16.5 Å². The summed E-state index contributed by atoms with van der Waals surface area (Å²) in [6.45, 7) is 0. The molecule has 0 aliphatic heterocycles. The topological polar surface area (TPSA) is 67.6 Å². The molecule has 0 aliphatic rings. The number of nitrogens with one attached hydrogen (secondary N) is 1. The lowest BCUT2D eigenvalue weighted by molar-refractivity contribution is 0.941. The molecule has 23 heavy (non-hydrogen) atoms. The molecule has 0 radical (unpaired) electrons. The van der Waals surface area contributed by atoms with E-state index >= 15 is 0 Å². The van der Waals surface area contributed by atoms with Gasteiger partial charge in [0, 0.05) is 17.7 Å². The molecule has 0 spiro atoms. The molecule has 0 aliphatic carbocycles. The van der Waals surface area contributed by atoms with E-state index in [4.69, 9.17) is 5.73 Å². The largest absolute Gasteiger partial charge is 0.398 e. The molecule has 3 N–H and O–H groups in total. The average Bonchev–Trinajstić information content (AvgIpc) is 3.11. The third-order valence-electron chi connectivity index (χ3n) is 4.10. The quantitative estimate of drug-likeness (QED) is 0.565. The van der Waals surface area contributed by atoms with Crippen molar-refractivity contribution < 1.29 is 0 Å². The number of nitrogens with two attached hydrogens (primary N) is 1. The van der Waals surface area contributed by atoms with Gasteiger partial charge in [0.25, 0.3) is 0 Å². The van der Waals surface area contributed by atoms with Gasteiger partial charge in [-0.1, -0.05) is 54.6 Å². The molecule has 0 unspecified atom stereocenters. The molecule has 0 fully saturated rings. The highest BCUT2D eigenvalue weighted by Gasteiger charge is 2.11. The van der Waals surface area contributed by atoms with Gasteiger partial charge in [-0.3, -0.25) is 0 Å². The van der Waals surface area contributed by atoms with Gasteiger partial charge in [-0.2, -0.15) is 15.4 Å². The molecule has 0 saturated carbocycles. The molecule has 4 heteroatoms. The second kappa shape index (κ2) is 5.57. The number of benzene rings is 3. The molecule has 1 heterocycles. The maximum Gasteiger partial charge on any atom is 0.113 e. The van der Waals surface area contributed by atoms with Gasteiger partial charge >= 0.3 is 0 Å². The standard InChI is InChI=1S/C19H16N4/c20-18-7-3-6-16(19-12-21-23-22-19)17(18)11-13-8-9-14-4-1-2-5-15(14)10-13/h1-10,12H,11,20H2,(H,21,22,23). The van der Waals surface area contributed by atoms with Crippen LogP contribution in [0.1, 0.15) is 11.1 Å². The number of rotatable bonds is 3. The molecule has 4 rings (SSSR count). The predicted molar refractivity (Wildman–Crippen MR) is 93.0 cm³/mol. The minimum atomic E-state index is 0.764. The van der Waals surface area contributed by atoms with Crippen LogP contribution in [0.5, 0.6) is 0 Å². The fraction of sp³-hybridized carbons (Fsp3) is 0.0526. The van der Waals surface area contributed by atoms with Crippen LogP contribution in [-0.2, 0) is 6.42 Å². The highest BCUT2D eigenvalue weighted by atomic mass is 15.3. The number of hydrogen-bond acceptors (Lipinski definition) is 3. The zero-order chi connectivity index (χ0) is 15.6. The molecule has 1 aromatic heterocycles. The van der Waals surface area contributed by atoms with Crippen LogP contribution in [0.2, 0.25) is 0 Å². The van der Waals surface area contributed by atoms with Crippen molar-refractivity contribution in [3.8, 4) is 11.3 Å². The van der Waals surface area contributed by atoms with E-state index in [-0.39, 0.29) is 0 Å². The first kappa shape index (κ1) is 13.5. The van der Waals surface area contributed by atoms with E-state index in [1.165, 1.54) is 16.3 Å². The second-order valence-electron chi connectivity index (χ2n) is 5.59. The van der Waals surface area contributed by atoms with Gasteiger partial charge in [0.05, 0.1) is 6.20 Å². The number of H-pyrrole nitrogens is 1. The van der Waals surface area contributed by atoms with E-state index in [1.54, 1.807) is 6.20 Å². The Bertz CT molecular complexity index is 958. The summed E-state index contributed by atoms with van der Waals surface area (Å²) in [5, 5.41) is 13.2. The Labute approximate surface area is 134 Å². The Morgan fingerprint density at radius 1 is 0.913 bits per heavy atom. The zero-order valence-corrected chi connectivity index (χ0v) is 12.5. The third-order valence-corrected chi connectivity index (χ3v) is 4.10. The van der Waals surface area contributed by atoms with Gasteiger partial charge in [-0.15, -0.1) is 0 Å². The first-order valence-corrected chi connectivity index (χ1v) is 7.52. The van der Waals surface area contributed by atoms with Crippen molar-refractivity contribution in [2.75, 3.05) is 5.73 Å². The summed E-state index contributed by atoms with van der Waals surface area (Å²) in [5.41, 5.74) is 11.1. The Hall–Kier alpha value is -3.14. The Morgan fingerprint density at radius 3 is 2.61 bits per heavy atom. The van der Waals surface area contributed by atoms with Crippen LogP contribution < -0.4 is 5.73 Å². The summed E-state index contributed by atoms with van der Waals surface area (Å²) in [6.07, 6.45) is 2.48. The van der Waals surface area contributed by atoms with Crippen LogP contribution in [0.25, 0.3) is 22.0 Å². The summed E-state index contributed by atoms with van der Waals surface area (Å²) >= 11 is 0. The molecule has 4 nitrogen and oxygen atoms in total. The van der Waals surface area contributed by atoms with Crippen molar-refractivity contribution in [1.29, 1.82) is 0 Å². The molecule has 0 bridgehead atoms. The van der Waals surface area contributed by atoms with E-state index in [1.807, 2.05) is 18.2 Å². The normalized spacial score (nSPS) is 11.0. The van der Waals surface area contributed by atoms with Crippen LogP contribution in [0.15, 0.2) is 66.9 Å². The van der Waals surface area contributed by atoms with Crippen molar-refractivity contribution in [1.82, 2.24) is 15.4 Å². The first-order valence-electron chi connectivity index (χ1n) is 7.52. The van der Waals surface area contributed by atoms with Gasteiger partial charge < -0.3 is 5.73 Å². The maximum absolute atomic E-state index is 6.23. The van der Waals surface area contributed by atoms with Crippen molar-refractivity contribution in [3.05, 3.63) is 78.0 Å². The van der Waals surface area contributed by atoms with E-state index in [2.05, 4.69) is 57.9 Å². The van der Waals surface area contributed by atoms with Crippen LogP contribution in [0, 0.1) is 0 Å². The summed E-state index contributed by atoms with van der Waals surface area (Å²) in [5.74, 6) is 0. The van der Waals surface area contributed by atoms with Crippen molar-refractivity contribution in [2.45, 2.75) is 6.42 Å². The SMILES string of the molecule is Nc1cccc(-c2cn[nH]n2)c1Cc1ccc2ccccc2c1. The number of nitrogens with zero attached hydrogens (tertiary/aromatic N) is 2. The van der Waals surface area contributed by atoms with Crippen LogP contribution in [-0.4, -0.2) is 15.4 Å². The lowest BCUT2D eigenvalue weighted by atomic mass is 9.95. The van der Waals surface area contributed by atoms with Crippen LogP contribution in [0.4, 0.5) is 5.69 Å². The monoisotopic (exact) mass is 300 g/mol. The molecular weight excluding hydrogens is 284 g/mol. The number of aromatic nitrogens is 3. The fourth-order valence-electron chi connectivity index (χ4n) is 2.93. The van der Waals surface area contributed by atoms with Crippen molar-refractivity contribution in [2.24, 2.45) is 0 Å². The zero-order valence-electron chi connectivity index (χ0n) is 12.5. The van der Waals surface area contributed by atoms with E-state index < -0.39 is 0 Å². The van der Waals surface area contributed by atoms with E-state index in [9.17, 15) is 0 Å². The molecule has 4 aromatic rings. The van der Waals surface area contributed by atoms with E-state index in [0.29, 0.717) is 0 Å². The van der Waals surface area contributed by atoms with Gasteiger partial charge in [-0.25, -0.2) is 0 Å². The van der Waals surface area contributed by atoms with Gasteiger partial charge in [0.1, 0.15) is 5.69 Å². The minimum Gasteiger partial charge on any atom is -0.398 e. The Balaban J connectivity index is 1.78. The molecular formula is C19H16N4. The highest BCUT2D eigenvalue weighted by Crippen LogP contribution is 2.29. The second-order valence-corrected chi connectivity index (χ2v) is 5.59. The highest BCUT2D eigenvalue weighted by molar-refractivity contribution is 5.83. The molecule has 0 saturated heterocycles. The number of anilines is 1. The lowest BCUT2D eigenvalue weighted by Gasteiger charge is -2.11. The molecule has 0 atom stereocenters. The summed E-state index contributed by atoms with van der Waals surface area (Å²) in [4.78, 5) is 0. The third kappa shape index (κ3) is 2.55. The number of hydrogen-bond donors (Lipinski definition) is 2. The number of aromatic amines is 1. The predicted octanol–water partition coefficient (Wildman–Crippen LogP) is 3.80. The average molecular weight is 300 g/mol. The molecule has 112 valence electrons. The number of fused-ring (bicyclic) bond motifs is 1. The Morgan fingerprint density at radius 2 is 1.78 bits per heavy atom. The number of nitrogen functional groups attached to an aromatic ring is 1.